The largest absolute Gasteiger partial charge is 0.337 e. The van der Waals surface area contributed by atoms with E-state index in [1.165, 1.54) is 0 Å². The third-order valence-electron chi connectivity index (χ3n) is 5.27. The molecule has 0 bridgehead atoms. The number of fused-ring (bicyclic) bond motifs is 1. The normalized spacial score (nSPS) is 17.4. The monoisotopic (exact) mass is 377 g/mol. The number of hydrogen-bond donors (Lipinski definition) is 0. The van der Waals surface area contributed by atoms with Crippen molar-refractivity contribution in [3.63, 3.8) is 0 Å². The van der Waals surface area contributed by atoms with Crippen LogP contribution in [0.1, 0.15) is 42.9 Å². The molecule has 6 nitrogen and oxygen atoms in total. The van der Waals surface area contributed by atoms with Gasteiger partial charge >= 0.3 is 0 Å². The van der Waals surface area contributed by atoms with E-state index < -0.39 is 0 Å². The van der Waals surface area contributed by atoms with Crippen molar-refractivity contribution in [3.05, 3.63) is 54.0 Å². The van der Waals surface area contributed by atoms with E-state index in [4.69, 9.17) is 0 Å². The number of carbonyl (C=O) groups excluding carboxylic acids is 1. The van der Waals surface area contributed by atoms with Gasteiger partial charge in [0.05, 0.1) is 11.2 Å². The van der Waals surface area contributed by atoms with Crippen molar-refractivity contribution in [1.29, 1.82) is 0 Å². The molecule has 1 amide bonds. The van der Waals surface area contributed by atoms with Gasteiger partial charge in [0.1, 0.15) is 5.69 Å². The predicted molar refractivity (Wildman–Crippen MR) is 109 cm³/mol. The van der Waals surface area contributed by atoms with Gasteiger partial charge in [-0.1, -0.05) is 43.3 Å². The third-order valence-corrected chi connectivity index (χ3v) is 5.27. The zero-order valence-electron chi connectivity index (χ0n) is 16.6. The highest BCUT2D eigenvalue weighted by atomic mass is 16.2. The summed E-state index contributed by atoms with van der Waals surface area (Å²) >= 11 is 0. The summed E-state index contributed by atoms with van der Waals surface area (Å²) in [5, 5.41) is 9.61. The minimum Gasteiger partial charge on any atom is -0.337 e. The number of pyridine rings is 1. The highest BCUT2D eigenvalue weighted by Gasteiger charge is 2.26. The summed E-state index contributed by atoms with van der Waals surface area (Å²) in [4.78, 5) is 19.5. The summed E-state index contributed by atoms with van der Waals surface area (Å²) in [7, 11) is 0. The first-order chi connectivity index (χ1) is 13.6. The van der Waals surface area contributed by atoms with E-state index in [2.05, 4.69) is 29.1 Å². The standard InChI is InChI=1S/C22H27N5O/c1-16(2)12-19-15-27(25-24-19)14-17-6-5-11-26(13-17)22(28)21-10-9-18-7-3-4-8-20(18)23-21/h3-4,7-10,15-17H,5-6,11-14H2,1-2H3/t17-/m0/s1. The zero-order valence-corrected chi connectivity index (χ0v) is 16.6. The summed E-state index contributed by atoms with van der Waals surface area (Å²) in [6.07, 6.45) is 5.11. The number of carbonyl (C=O) groups is 1. The number of benzene rings is 1. The van der Waals surface area contributed by atoms with Crippen molar-refractivity contribution in [2.45, 2.75) is 39.7 Å². The number of nitrogens with zero attached hydrogens (tertiary/aromatic N) is 5. The molecule has 4 rings (SSSR count). The molecule has 1 aliphatic rings. The van der Waals surface area contributed by atoms with E-state index in [0.717, 1.165) is 55.5 Å². The predicted octanol–water partition coefficient (Wildman–Crippen LogP) is 3.58. The SMILES string of the molecule is CC(C)Cc1cn(C[C@H]2CCCN(C(=O)c3ccc4ccccc4n3)C2)nn1. The molecule has 146 valence electrons. The maximum atomic E-state index is 13.0. The number of aromatic nitrogens is 4. The molecule has 3 aromatic rings. The molecule has 0 radical (unpaired) electrons. The van der Waals surface area contributed by atoms with Gasteiger partial charge in [0, 0.05) is 31.2 Å². The van der Waals surface area contributed by atoms with Crippen molar-refractivity contribution in [2.24, 2.45) is 11.8 Å². The molecule has 1 aromatic carbocycles. The van der Waals surface area contributed by atoms with Crippen LogP contribution in [-0.2, 0) is 13.0 Å². The van der Waals surface area contributed by atoms with Crippen LogP contribution in [0, 0.1) is 11.8 Å². The lowest BCUT2D eigenvalue weighted by atomic mass is 9.97. The summed E-state index contributed by atoms with van der Waals surface area (Å²) in [5.74, 6) is 0.990. The van der Waals surface area contributed by atoms with Gasteiger partial charge in [-0.25, -0.2) is 4.98 Å². The second kappa shape index (κ2) is 8.09. The minimum absolute atomic E-state index is 0.0227. The second-order valence-corrected chi connectivity index (χ2v) is 8.18. The summed E-state index contributed by atoms with van der Waals surface area (Å²) in [6, 6.07) is 11.7. The molecule has 0 N–H and O–H groups in total. The van der Waals surface area contributed by atoms with Crippen molar-refractivity contribution >= 4 is 16.8 Å². The fraction of sp³-hybridized carbons (Fsp3) is 0.455. The molecule has 2 aromatic heterocycles. The average molecular weight is 377 g/mol. The first-order valence-electron chi connectivity index (χ1n) is 10.1. The molecule has 1 fully saturated rings. The molecule has 3 heterocycles. The van der Waals surface area contributed by atoms with Crippen LogP contribution in [0.3, 0.4) is 0 Å². The molecule has 0 unspecified atom stereocenters. The smallest absolute Gasteiger partial charge is 0.272 e. The number of amides is 1. The van der Waals surface area contributed by atoms with Crippen molar-refractivity contribution in [3.8, 4) is 0 Å². The maximum absolute atomic E-state index is 13.0. The average Bonchev–Trinajstić information content (AvgIpc) is 3.13. The Hall–Kier alpha value is -2.76. The van der Waals surface area contributed by atoms with Crippen molar-refractivity contribution < 1.29 is 4.79 Å². The minimum atomic E-state index is 0.0227. The fourth-order valence-corrected chi connectivity index (χ4v) is 3.95. The van der Waals surface area contributed by atoms with Crippen LogP contribution in [0.5, 0.6) is 0 Å². The Bertz CT molecular complexity index is 964. The van der Waals surface area contributed by atoms with Crippen LogP contribution in [0.25, 0.3) is 10.9 Å². The quantitative estimate of drug-likeness (QED) is 0.682. The van der Waals surface area contributed by atoms with E-state index in [0.29, 0.717) is 17.5 Å². The highest BCUT2D eigenvalue weighted by molar-refractivity contribution is 5.95. The lowest BCUT2D eigenvalue weighted by Crippen LogP contribution is -2.41. The van der Waals surface area contributed by atoms with E-state index in [-0.39, 0.29) is 5.91 Å². The van der Waals surface area contributed by atoms with Gasteiger partial charge in [0.2, 0.25) is 0 Å². The van der Waals surface area contributed by atoms with Crippen LogP contribution in [0.4, 0.5) is 0 Å². The number of para-hydroxylation sites is 1. The van der Waals surface area contributed by atoms with Gasteiger partial charge in [-0.2, -0.15) is 0 Å². The molecule has 1 saturated heterocycles. The maximum Gasteiger partial charge on any atom is 0.272 e. The van der Waals surface area contributed by atoms with Gasteiger partial charge in [0.15, 0.2) is 0 Å². The highest BCUT2D eigenvalue weighted by Crippen LogP contribution is 2.21. The molecule has 0 aliphatic carbocycles. The zero-order chi connectivity index (χ0) is 19.5. The van der Waals surface area contributed by atoms with Crippen LogP contribution in [0.2, 0.25) is 0 Å². The Labute approximate surface area is 165 Å². The first-order valence-corrected chi connectivity index (χ1v) is 10.1. The van der Waals surface area contributed by atoms with E-state index in [9.17, 15) is 4.79 Å². The number of rotatable bonds is 5. The van der Waals surface area contributed by atoms with Crippen molar-refractivity contribution in [2.75, 3.05) is 13.1 Å². The second-order valence-electron chi connectivity index (χ2n) is 8.18. The van der Waals surface area contributed by atoms with Crippen LogP contribution in [0.15, 0.2) is 42.6 Å². The fourth-order valence-electron chi connectivity index (χ4n) is 3.95. The first kappa shape index (κ1) is 18.6. The molecule has 28 heavy (non-hydrogen) atoms. The molecule has 0 spiro atoms. The van der Waals surface area contributed by atoms with Gasteiger partial charge < -0.3 is 4.90 Å². The lowest BCUT2D eigenvalue weighted by Gasteiger charge is -2.32. The Morgan fingerprint density at radius 2 is 2.07 bits per heavy atom. The number of likely N-dealkylation sites (tertiary alicyclic amines) is 1. The van der Waals surface area contributed by atoms with Gasteiger partial charge in [-0.3, -0.25) is 9.48 Å². The Morgan fingerprint density at radius 3 is 2.93 bits per heavy atom. The summed E-state index contributed by atoms with van der Waals surface area (Å²) in [6.45, 7) is 6.71. The third kappa shape index (κ3) is 4.21. The molecular weight excluding hydrogens is 350 g/mol. The van der Waals surface area contributed by atoms with Crippen LogP contribution < -0.4 is 0 Å². The van der Waals surface area contributed by atoms with Crippen molar-refractivity contribution in [1.82, 2.24) is 24.9 Å². The van der Waals surface area contributed by atoms with E-state index >= 15 is 0 Å². The Balaban J connectivity index is 1.42. The molecule has 1 aliphatic heterocycles. The molecular formula is C22H27N5O. The number of hydrogen-bond acceptors (Lipinski definition) is 4. The Kier molecular flexibility index (Phi) is 5.37. The van der Waals surface area contributed by atoms with E-state index in [1.807, 2.05) is 52.2 Å². The molecule has 1 atom stereocenters. The molecule has 6 heteroatoms. The summed E-state index contributed by atoms with van der Waals surface area (Å²) in [5.41, 5.74) is 2.43. The Morgan fingerprint density at radius 1 is 1.21 bits per heavy atom. The van der Waals surface area contributed by atoms with Gasteiger partial charge in [-0.15, -0.1) is 5.10 Å². The number of piperidine rings is 1. The topological polar surface area (TPSA) is 63.9 Å². The van der Waals surface area contributed by atoms with Gasteiger partial charge in [-0.05, 0) is 43.2 Å². The summed E-state index contributed by atoms with van der Waals surface area (Å²) < 4.78 is 1.94. The van der Waals surface area contributed by atoms with Crippen LogP contribution >= 0.6 is 0 Å². The van der Waals surface area contributed by atoms with Crippen LogP contribution in [-0.4, -0.2) is 43.9 Å². The molecule has 0 saturated carbocycles. The van der Waals surface area contributed by atoms with E-state index in [1.54, 1.807) is 0 Å². The van der Waals surface area contributed by atoms with Gasteiger partial charge in [0.25, 0.3) is 5.91 Å². The lowest BCUT2D eigenvalue weighted by molar-refractivity contribution is 0.0654.